The van der Waals surface area contributed by atoms with Crippen LogP contribution < -0.4 is 10.6 Å². The molecule has 1 aromatic carbocycles. The van der Waals surface area contributed by atoms with E-state index in [1.807, 2.05) is 26.0 Å². The Morgan fingerprint density at radius 1 is 1.14 bits per heavy atom. The van der Waals surface area contributed by atoms with Gasteiger partial charge >= 0.3 is 6.09 Å². The summed E-state index contributed by atoms with van der Waals surface area (Å²) >= 11 is 0. The first-order valence-electron chi connectivity index (χ1n) is 12.7. The number of benzene rings is 1. The Balaban J connectivity index is 2.44. The normalized spacial score (nSPS) is 16.8. The molecule has 7 heteroatoms. The van der Waals surface area contributed by atoms with Crippen LogP contribution in [0.2, 0.25) is 0 Å². The Bertz CT molecular complexity index is 925. The summed E-state index contributed by atoms with van der Waals surface area (Å²) in [6.45, 7) is 10.7. The molecule has 2 N–H and O–H groups in total. The summed E-state index contributed by atoms with van der Waals surface area (Å²) < 4.78 is 5.33. The third kappa shape index (κ3) is 8.02. The minimum Gasteiger partial charge on any atom is -0.444 e. The largest absolute Gasteiger partial charge is 0.444 e. The van der Waals surface area contributed by atoms with Crippen LogP contribution in [0.15, 0.2) is 24.3 Å². The predicted molar refractivity (Wildman–Crippen MR) is 138 cm³/mol. The number of nitrogens with zero attached hydrogens (tertiary/aromatic N) is 1. The maximum atomic E-state index is 13.8. The van der Waals surface area contributed by atoms with E-state index in [4.69, 9.17) is 11.2 Å². The molecule has 0 saturated heterocycles. The van der Waals surface area contributed by atoms with Gasteiger partial charge in [-0.1, -0.05) is 50.3 Å². The number of ether oxygens (including phenoxy) is 1. The number of alkyl carbamates (subject to hydrolysis) is 1. The van der Waals surface area contributed by atoms with Crippen LogP contribution in [-0.4, -0.2) is 46.5 Å². The van der Waals surface area contributed by atoms with E-state index in [-0.39, 0.29) is 23.9 Å². The molecule has 0 aliphatic heterocycles. The highest BCUT2D eigenvalue weighted by Crippen LogP contribution is 2.29. The number of carbonyl (C=O) groups is 3. The van der Waals surface area contributed by atoms with Gasteiger partial charge in [-0.2, -0.15) is 0 Å². The molecule has 0 aromatic heterocycles. The van der Waals surface area contributed by atoms with Crippen LogP contribution in [0.4, 0.5) is 4.79 Å². The fraction of sp³-hybridized carbons (Fsp3) is 0.607. The highest BCUT2D eigenvalue weighted by molar-refractivity contribution is 5.92. The van der Waals surface area contributed by atoms with Crippen LogP contribution in [0.3, 0.4) is 0 Å². The van der Waals surface area contributed by atoms with E-state index in [0.29, 0.717) is 17.5 Å². The van der Waals surface area contributed by atoms with Gasteiger partial charge in [0, 0.05) is 17.6 Å². The summed E-state index contributed by atoms with van der Waals surface area (Å²) in [5.41, 5.74) is 0.462. The lowest BCUT2D eigenvalue weighted by Gasteiger charge is -2.38. The van der Waals surface area contributed by atoms with Crippen molar-refractivity contribution < 1.29 is 19.1 Å². The molecule has 2 rings (SSSR count). The number of rotatable bonds is 8. The molecule has 1 saturated carbocycles. The smallest absolute Gasteiger partial charge is 0.408 e. The zero-order chi connectivity index (χ0) is 26.2. The third-order valence-corrected chi connectivity index (χ3v) is 6.31. The summed E-state index contributed by atoms with van der Waals surface area (Å²) in [7, 11) is 0. The maximum absolute atomic E-state index is 13.8. The highest BCUT2D eigenvalue weighted by Gasteiger charge is 2.38. The molecule has 0 radical (unpaired) electrons. The first kappa shape index (κ1) is 28.2. The van der Waals surface area contributed by atoms with E-state index in [0.717, 1.165) is 25.7 Å². The lowest BCUT2D eigenvalue weighted by molar-refractivity contribution is -0.145. The van der Waals surface area contributed by atoms with Crippen molar-refractivity contribution in [2.24, 2.45) is 0 Å². The van der Waals surface area contributed by atoms with E-state index in [1.165, 1.54) is 6.42 Å². The Morgan fingerprint density at radius 2 is 1.77 bits per heavy atom. The molecular formula is C28H41N3O4. The number of hydrogen-bond donors (Lipinski definition) is 2. The van der Waals surface area contributed by atoms with Crippen molar-refractivity contribution in [1.29, 1.82) is 0 Å². The summed E-state index contributed by atoms with van der Waals surface area (Å²) in [6.07, 6.45) is 10.9. The molecule has 1 aliphatic rings. The first-order chi connectivity index (χ1) is 16.5. The van der Waals surface area contributed by atoms with Gasteiger partial charge in [0.25, 0.3) is 0 Å². The van der Waals surface area contributed by atoms with Crippen molar-refractivity contribution >= 4 is 17.9 Å². The zero-order valence-corrected chi connectivity index (χ0v) is 22.0. The molecule has 1 aliphatic carbocycles. The standard InChI is InChI=1S/C28H41N3O4/c1-8-19(3)31(26(33)20(4)29-27(34)35-28(5,6)7)24(23-18-14-13-15-21(23)9-2)25(32)30-22-16-11-10-12-17-22/h2,13-15,18-20,22,24H,8,10-12,16-17H2,1,3-7H3,(H,29,34)(H,30,32). The van der Waals surface area contributed by atoms with Gasteiger partial charge in [0.05, 0.1) is 0 Å². The second-order valence-electron chi connectivity index (χ2n) is 10.3. The van der Waals surface area contributed by atoms with Crippen molar-refractivity contribution in [3.8, 4) is 12.3 Å². The van der Waals surface area contributed by atoms with Crippen LogP contribution in [-0.2, 0) is 14.3 Å². The number of nitrogens with one attached hydrogen (secondary N) is 2. The maximum Gasteiger partial charge on any atom is 0.408 e. The number of carbonyl (C=O) groups excluding carboxylic acids is 3. The second kappa shape index (κ2) is 12.6. The minimum atomic E-state index is -0.922. The average Bonchev–Trinajstić information content (AvgIpc) is 2.80. The van der Waals surface area contributed by atoms with E-state index in [1.54, 1.807) is 44.7 Å². The van der Waals surface area contributed by atoms with Crippen molar-refractivity contribution in [1.82, 2.24) is 15.5 Å². The van der Waals surface area contributed by atoms with E-state index in [9.17, 15) is 14.4 Å². The number of hydrogen-bond acceptors (Lipinski definition) is 4. The Morgan fingerprint density at radius 3 is 2.34 bits per heavy atom. The Labute approximate surface area is 210 Å². The quantitative estimate of drug-likeness (QED) is 0.525. The van der Waals surface area contributed by atoms with Crippen molar-refractivity contribution in [3.63, 3.8) is 0 Å². The predicted octanol–water partition coefficient (Wildman–Crippen LogP) is 4.70. The lowest BCUT2D eigenvalue weighted by Crippen LogP contribution is -2.55. The fourth-order valence-electron chi connectivity index (χ4n) is 4.38. The van der Waals surface area contributed by atoms with E-state index >= 15 is 0 Å². The molecule has 0 spiro atoms. The third-order valence-electron chi connectivity index (χ3n) is 6.31. The number of amides is 3. The minimum absolute atomic E-state index is 0.0722. The van der Waals surface area contributed by atoms with Crippen LogP contribution in [0.5, 0.6) is 0 Å². The summed E-state index contributed by atoms with van der Waals surface area (Å²) in [5.74, 6) is 2.04. The molecule has 1 fully saturated rings. The molecular weight excluding hydrogens is 442 g/mol. The van der Waals surface area contributed by atoms with Crippen LogP contribution in [0.25, 0.3) is 0 Å². The Hall–Kier alpha value is -3.01. The molecule has 1 aromatic rings. The molecule has 3 unspecified atom stereocenters. The molecule has 0 heterocycles. The zero-order valence-electron chi connectivity index (χ0n) is 22.0. The SMILES string of the molecule is C#Cc1ccccc1C(C(=O)NC1CCCCC1)N(C(=O)C(C)NC(=O)OC(C)(C)C)C(C)CC. The fourth-order valence-corrected chi connectivity index (χ4v) is 4.38. The molecule has 35 heavy (non-hydrogen) atoms. The van der Waals surface area contributed by atoms with E-state index in [2.05, 4.69) is 16.6 Å². The van der Waals surface area contributed by atoms with Gasteiger partial charge < -0.3 is 20.3 Å². The molecule has 0 bridgehead atoms. The van der Waals surface area contributed by atoms with Gasteiger partial charge in [0.1, 0.15) is 17.7 Å². The summed E-state index contributed by atoms with van der Waals surface area (Å²) in [4.78, 5) is 41.5. The topological polar surface area (TPSA) is 87.7 Å². The lowest BCUT2D eigenvalue weighted by atomic mass is 9.93. The van der Waals surface area contributed by atoms with Crippen LogP contribution in [0.1, 0.15) is 97.2 Å². The average molecular weight is 484 g/mol. The number of terminal acetylenes is 1. The Kier molecular flexibility index (Phi) is 10.2. The van der Waals surface area contributed by atoms with Crippen molar-refractivity contribution in [2.45, 2.75) is 110 Å². The van der Waals surface area contributed by atoms with Gasteiger partial charge in [-0.15, -0.1) is 6.42 Å². The van der Waals surface area contributed by atoms with Crippen LogP contribution in [0, 0.1) is 12.3 Å². The molecule has 7 nitrogen and oxygen atoms in total. The summed E-state index contributed by atoms with van der Waals surface area (Å²) in [5, 5.41) is 5.81. The van der Waals surface area contributed by atoms with Gasteiger partial charge in [0.2, 0.25) is 11.8 Å². The summed E-state index contributed by atoms with van der Waals surface area (Å²) in [6, 6.07) is 5.18. The first-order valence-corrected chi connectivity index (χ1v) is 12.7. The van der Waals surface area contributed by atoms with Gasteiger partial charge in [-0.3, -0.25) is 9.59 Å². The van der Waals surface area contributed by atoms with Gasteiger partial charge in [-0.05, 0) is 65.5 Å². The van der Waals surface area contributed by atoms with E-state index < -0.39 is 23.8 Å². The van der Waals surface area contributed by atoms with Crippen LogP contribution >= 0.6 is 0 Å². The van der Waals surface area contributed by atoms with Crippen molar-refractivity contribution in [2.75, 3.05) is 0 Å². The van der Waals surface area contributed by atoms with Gasteiger partial charge in [-0.25, -0.2) is 4.79 Å². The molecule has 3 amide bonds. The second-order valence-corrected chi connectivity index (χ2v) is 10.3. The monoisotopic (exact) mass is 483 g/mol. The van der Waals surface area contributed by atoms with Gasteiger partial charge in [0.15, 0.2) is 0 Å². The molecule has 192 valence electrons. The van der Waals surface area contributed by atoms with Crippen molar-refractivity contribution in [3.05, 3.63) is 35.4 Å². The highest BCUT2D eigenvalue weighted by atomic mass is 16.6. The molecule has 3 atom stereocenters.